The van der Waals surface area contributed by atoms with Gasteiger partial charge in [0.2, 0.25) is 0 Å². The van der Waals surface area contributed by atoms with Crippen LogP contribution >= 0.6 is 0 Å². The number of hydrogen-bond donors (Lipinski definition) is 1. The molecule has 0 aliphatic heterocycles. The van der Waals surface area contributed by atoms with Crippen LogP contribution < -0.4 is 5.73 Å². The van der Waals surface area contributed by atoms with Gasteiger partial charge < -0.3 is 10.3 Å². The summed E-state index contributed by atoms with van der Waals surface area (Å²) in [6.45, 7) is 5.98. The molecule has 0 amide bonds. The van der Waals surface area contributed by atoms with Gasteiger partial charge in [0.25, 0.3) is 0 Å². The average Bonchev–Trinajstić information content (AvgIpc) is 3.01. The fraction of sp³-hybridized carbons (Fsp3) is 0.562. The van der Waals surface area contributed by atoms with E-state index < -0.39 is 0 Å². The standard InChI is InChI=1S/C16H23N3/c1-3-19-12(2)18-14-10-13(6-7-15(14)19)16(11-17)8-4-5-9-16/h6-7,10H,3-5,8-9,11,17H2,1-2H3. The molecule has 1 fully saturated rings. The van der Waals surface area contributed by atoms with Crippen LogP contribution in [0.4, 0.5) is 0 Å². The molecule has 0 atom stereocenters. The maximum atomic E-state index is 6.08. The number of fused-ring (bicyclic) bond motifs is 1. The van der Waals surface area contributed by atoms with Gasteiger partial charge in [-0.25, -0.2) is 4.98 Å². The zero-order chi connectivity index (χ0) is 13.5. The largest absolute Gasteiger partial charge is 0.330 e. The summed E-state index contributed by atoms with van der Waals surface area (Å²) in [5.74, 6) is 1.10. The minimum atomic E-state index is 0.206. The van der Waals surface area contributed by atoms with Crippen molar-refractivity contribution in [1.82, 2.24) is 9.55 Å². The lowest BCUT2D eigenvalue weighted by atomic mass is 9.79. The van der Waals surface area contributed by atoms with Crippen LogP contribution in [0.1, 0.15) is 44.0 Å². The van der Waals surface area contributed by atoms with Crippen LogP contribution in [0.2, 0.25) is 0 Å². The third-order valence-electron chi connectivity index (χ3n) is 4.82. The summed E-state index contributed by atoms with van der Waals surface area (Å²) in [7, 11) is 0. The third kappa shape index (κ3) is 1.88. The summed E-state index contributed by atoms with van der Waals surface area (Å²) in [4.78, 5) is 4.70. The van der Waals surface area contributed by atoms with Crippen LogP contribution in [-0.4, -0.2) is 16.1 Å². The first-order valence-electron chi connectivity index (χ1n) is 7.37. The zero-order valence-corrected chi connectivity index (χ0v) is 11.9. The summed E-state index contributed by atoms with van der Waals surface area (Å²) in [6, 6.07) is 6.77. The topological polar surface area (TPSA) is 43.8 Å². The molecule has 0 spiro atoms. The van der Waals surface area contributed by atoms with Crippen molar-refractivity contribution < 1.29 is 0 Å². The summed E-state index contributed by atoms with van der Waals surface area (Å²) in [6.07, 6.45) is 5.06. The molecule has 1 aromatic carbocycles. The highest BCUT2D eigenvalue weighted by atomic mass is 15.1. The van der Waals surface area contributed by atoms with E-state index in [0.29, 0.717) is 0 Å². The molecule has 3 nitrogen and oxygen atoms in total. The fourth-order valence-electron chi connectivity index (χ4n) is 3.64. The van der Waals surface area contributed by atoms with Crippen LogP contribution in [0, 0.1) is 6.92 Å². The number of nitrogens with two attached hydrogens (primary N) is 1. The lowest BCUT2D eigenvalue weighted by molar-refractivity contribution is 0.453. The molecule has 2 N–H and O–H groups in total. The van der Waals surface area contributed by atoms with Crippen molar-refractivity contribution in [2.45, 2.75) is 51.5 Å². The van der Waals surface area contributed by atoms with Crippen LogP contribution in [0.3, 0.4) is 0 Å². The highest BCUT2D eigenvalue weighted by Gasteiger charge is 2.34. The smallest absolute Gasteiger partial charge is 0.106 e. The molecule has 3 rings (SSSR count). The lowest BCUT2D eigenvalue weighted by Crippen LogP contribution is -2.31. The fourth-order valence-corrected chi connectivity index (χ4v) is 3.64. The van der Waals surface area contributed by atoms with E-state index in [-0.39, 0.29) is 5.41 Å². The molecule has 3 heteroatoms. The molecule has 0 saturated heterocycles. The molecule has 2 aromatic rings. The zero-order valence-electron chi connectivity index (χ0n) is 11.9. The van der Waals surface area contributed by atoms with Gasteiger partial charge in [0.1, 0.15) is 5.82 Å². The second-order valence-electron chi connectivity index (χ2n) is 5.80. The van der Waals surface area contributed by atoms with Crippen molar-refractivity contribution in [3.63, 3.8) is 0 Å². The van der Waals surface area contributed by atoms with Crippen LogP contribution in [-0.2, 0) is 12.0 Å². The molecular formula is C16H23N3. The molecular weight excluding hydrogens is 234 g/mol. The first kappa shape index (κ1) is 12.7. The molecule has 0 bridgehead atoms. The van der Waals surface area contributed by atoms with Crippen molar-refractivity contribution in [2.24, 2.45) is 5.73 Å². The third-order valence-corrected chi connectivity index (χ3v) is 4.82. The SMILES string of the molecule is CCn1c(C)nc2cc(C3(CN)CCCC3)ccc21. The molecule has 1 heterocycles. The normalized spacial score (nSPS) is 18.3. The Morgan fingerprint density at radius 3 is 2.68 bits per heavy atom. The van der Waals surface area contributed by atoms with E-state index in [9.17, 15) is 0 Å². The summed E-state index contributed by atoms with van der Waals surface area (Å²) >= 11 is 0. The van der Waals surface area contributed by atoms with Crippen molar-refractivity contribution in [3.8, 4) is 0 Å². The van der Waals surface area contributed by atoms with Gasteiger partial charge in [-0.1, -0.05) is 18.9 Å². The highest BCUT2D eigenvalue weighted by molar-refractivity contribution is 5.77. The Labute approximate surface area is 114 Å². The first-order chi connectivity index (χ1) is 9.20. The van der Waals surface area contributed by atoms with E-state index in [1.165, 1.54) is 36.8 Å². The Balaban J connectivity index is 2.11. The number of nitrogens with zero attached hydrogens (tertiary/aromatic N) is 2. The van der Waals surface area contributed by atoms with Gasteiger partial charge in [-0.15, -0.1) is 0 Å². The summed E-state index contributed by atoms with van der Waals surface area (Å²) < 4.78 is 2.27. The first-order valence-corrected chi connectivity index (χ1v) is 7.37. The molecule has 102 valence electrons. The predicted molar refractivity (Wildman–Crippen MR) is 79.3 cm³/mol. The monoisotopic (exact) mass is 257 g/mol. The minimum absolute atomic E-state index is 0.206. The number of rotatable bonds is 3. The van der Waals surface area contributed by atoms with Crippen molar-refractivity contribution in [3.05, 3.63) is 29.6 Å². The van der Waals surface area contributed by atoms with Gasteiger partial charge in [0.05, 0.1) is 11.0 Å². The average molecular weight is 257 g/mol. The Bertz CT molecular complexity index is 591. The molecule has 19 heavy (non-hydrogen) atoms. The Morgan fingerprint density at radius 2 is 2.05 bits per heavy atom. The van der Waals surface area contributed by atoms with E-state index in [1.54, 1.807) is 0 Å². The van der Waals surface area contributed by atoms with E-state index in [0.717, 1.165) is 24.4 Å². The molecule has 0 unspecified atom stereocenters. The molecule has 1 aliphatic carbocycles. The van der Waals surface area contributed by atoms with Gasteiger partial charge in [-0.2, -0.15) is 0 Å². The Morgan fingerprint density at radius 1 is 1.32 bits per heavy atom. The summed E-state index contributed by atoms with van der Waals surface area (Å²) in [5.41, 5.74) is 10.0. The maximum Gasteiger partial charge on any atom is 0.106 e. The molecule has 1 saturated carbocycles. The van der Waals surface area contributed by atoms with Gasteiger partial charge >= 0.3 is 0 Å². The van der Waals surface area contributed by atoms with Gasteiger partial charge in [-0.05, 0) is 44.4 Å². The predicted octanol–water partition coefficient (Wildman–Crippen LogP) is 3.14. The van der Waals surface area contributed by atoms with Gasteiger partial charge in [0.15, 0.2) is 0 Å². The van der Waals surface area contributed by atoms with Crippen molar-refractivity contribution in [2.75, 3.05) is 6.54 Å². The molecule has 1 aromatic heterocycles. The number of aromatic nitrogens is 2. The van der Waals surface area contributed by atoms with E-state index in [2.05, 4.69) is 36.6 Å². The molecule has 0 radical (unpaired) electrons. The quantitative estimate of drug-likeness (QED) is 0.918. The number of benzene rings is 1. The Kier molecular flexibility index (Phi) is 3.09. The van der Waals surface area contributed by atoms with Gasteiger partial charge in [-0.3, -0.25) is 0 Å². The minimum Gasteiger partial charge on any atom is -0.330 e. The number of aryl methyl sites for hydroxylation is 2. The number of imidazole rings is 1. The van der Waals surface area contributed by atoms with Crippen LogP contribution in [0.5, 0.6) is 0 Å². The lowest BCUT2D eigenvalue weighted by Gasteiger charge is -2.27. The van der Waals surface area contributed by atoms with E-state index in [4.69, 9.17) is 10.7 Å². The number of hydrogen-bond acceptors (Lipinski definition) is 2. The van der Waals surface area contributed by atoms with E-state index in [1.807, 2.05) is 0 Å². The van der Waals surface area contributed by atoms with Crippen molar-refractivity contribution in [1.29, 1.82) is 0 Å². The second kappa shape index (κ2) is 4.64. The van der Waals surface area contributed by atoms with Crippen LogP contribution in [0.15, 0.2) is 18.2 Å². The maximum absolute atomic E-state index is 6.08. The van der Waals surface area contributed by atoms with E-state index >= 15 is 0 Å². The molecule has 1 aliphatic rings. The second-order valence-corrected chi connectivity index (χ2v) is 5.80. The highest BCUT2D eigenvalue weighted by Crippen LogP contribution is 2.41. The Hall–Kier alpha value is -1.35. The van der Waals surface area contributed by atoms with Gasteiger partial charge in [0, 0.05) is 18.5 Å². The van der Waals surface area contributed by atoms with Crippen LogP contribution in [0.25, 0.3) is 11.0 Å². The summed E-state index contributed by atoms with van der Waals surface area (Å²) in [5, 5.41) is 0. The van der Waals surface area contributed by atoms with Crippen molar-refractivity contribution >= 4 is 11.0 Å².